The number of hydrogen-bond acceptors (Lipinski definition) is 1. The zero-order valence-electron chi connectivity index (χ0n) is 22.3. The molecule has 1 aliphatic rings. The van der Waals surface area contributed by atoms with Crippen molar-refractivity contribution in [3.05, 3.63) is 146 Å². The third-order valence-electron chi connectivity index (χ3n) is 8.62. The minimum atomic E-state index is 0.903. The van der Waals surface area contributed by atoms with E-state index >= 15 is 0 Å². The van der Waals surface area contributed by atoms with Gasteiger partial charge in [-0.3, -0.25) is 0 Å². The van der Waals surface area contributed by atoms with Crippen LogP contribution in [-0.4, -0.2) is 0 Å². The molecule has 0 N–H and O–H groups in total. The van der Waals surface area contributed by atoms with Crippen molar-refractivity contribution in [3.63, 3.8) is 0 Å². The molecule has 0 bridgehead atoms. The standard InChI is InChI=1S/C40H24O/c1-2-11-27(12-3-1)39-31-17-7-6-16-30(31)37(33-22-20-25-10-4-5-15-29(25)40(33)39)28-21-23-35-34(24-28)32-18-8-13-26-14-9-19-36(41-35)38(26)32/h1-24H. The first-order chi connectivity index (χ1) is 20.3. The molecule has 0 amide bonds. The van der Waals surface area contributed by atoms with Crippen molar-refractivity contribution < 1.29 is 4.74 Å². The quantitative estimate of drug-likeness (QED) is 0.163. The molecule has 1 heteroatoms. The van der Waals surface area contributed by atoms with Gasteiger partial charge in [0.2, 0.25) is 0 Å². The fourth-order valence-electron chi connectivity index (χ4n) is 6.88. The summed E-state index contributed by atoms with van der Waals surface area (Å²) in [5.41, 5.74) is 7.34. The van der Waals surface area contributed by atoms with Gasteiger partial charge in [-0.15, -0.1) is 0 Å². The van der Waals surface area contributed by atoms with Crippen LogP contribution in [-0.2, 0) is 0 Å². The zero-order valence-corrected chi connectivity index (χ0v) is 22.3. The Balaban J connectivity index is 1.43. The maximum atomic E-state index is 6.45. The fraction of sp³-hybridized carbons (Fsp3) is 0. The first-order valence-electron chi connectivity index (χ1n) is 14.1. The highest BCUT2D eigenvalue weighted by Gasteiger charge is 2.23. The highest BCUT2D eigenvalue weighted by atomic mass is 16.5. The van der Waals surface area contributed by atoms with Crippen molar-refractivity contribution in [1.29, 1.82) is 0 Å². The number of hydrogen-bond donors (Lipinski definition) is 0. The molecule has 0 spiro atoms. The summed E-state index contributed by atoms with van der Waals surface area (Å²) in [6, 6.07) is 52.6. The molecule has 0 saturated carbocycles. The second-order valence-electron chi connectivity index (χ2n) is 10.8. The van der Waals surface area contributed by atoms with Crippen LogP contribution in [0.1, 0.15) is 0 Å². The summed E-state index contributed by atoms with van der Waals surface area (Å²) in [6.07, 6.45) is 0. The Bertz CT molecular complexity index is 2320. The molecule has 8 aromatic carbocycles. The van der Waals surface area contributed by atoms with Crippen molar-refractivity contribution in [1.82, 2.24) is 0 Å². The van der Waals surface area contributed by atoms with Gasteiger partial charge in [-0.2, -0.15) is 0 Å². The van der Waals surface area contributed by atoms with Crippen LogP contribution < -0.4 is 4.74 Å². The van der Waals surface area contributed by atoms with Crippen molar-refractivity contribution in [3.8, 4) is 44.9 Å². The lowest BCUT2D eigenvalue weighted by atomic mass is 9.83. The second kappa shape index (κ2) is 8.55. The third kappa shape index (κ3) is 3.24. The van der Waals surface area contributed by atoms with E-state index in [1.54, 1.807) is 0 Å². The van der Waals surface area contributed by atoms with E-state index in [1.165, 1.54) is 70.9 Å². The normalized spacial score (nSPS) is 12.1. The van der Waals surface area contributed by atoms with Crippen LogP contribution in [0.5, 0.6) is 11.5 Å². The maximum absolute atomic E-state index is 6.45. The van der Waals surface area contributed by atoms with Gasteiger partial charge in [0.1, 0.15) is 11.5 Å². The topological polar surface area (TPSA) is 9.23 Å². The van der Waals surface area contributed by atoms with Crippen LogP contribution in [0.3, 0.4) is 0 Å². The van der Waals surface area contributed by atoms with E-state index < -0.39 is 0 Å². The highest BCUT2D eigenvalue weighted by Crippen LogP contribution is 2.50. The van der Waals surface area contributed by atoms with Crippen LogP contribution in [0.2, 0.25) is 0 Å². The molecule has 9 rings (SSSR count). The van der Waals surface area contributed by atoms with Gasteiger partial charge in [0, 0.05) is 10.9 Å². The van der Waals surface area contributed by atoms with E-state index in [-0.39, 0.29) is 0 Å². The van der Waals surface area contributed by atoms with Gasteiger partial charge in [-0.1, -0.05) is 127 Å². The van der Waals surface area contributed by atoms with Gasteiger partial charge in [-0.05, 0) is 83.7 Å². The average molecular weight is 521 g/mol. The molecule has 0 aromatic heterocycles. The van der Waals surface area contributed by atoms with E-state index in [4.69, 9.17) is 4.74 Å². The van der Waals surface area contributed by atoms with Crippen LogP contribution in [0.15, 0.2) is 146 Å². The predicted molar refractivity (Wildman–Crippen MR) is 173 cm³/mol. The smallest absolute Gasteiger partial charge is 0.135 e. The lowest BCUT2D eigenvalue weighted by Gasteiger charge is -2.23. The first kappa shape index (κ1) is 22.4. The maximum Gasteiger partial charge on any atom is 0.135 e. The summed E-state index contributed by atoms with van der Waals surface area (Å²) >= 11 is 0. The lowest BCUT2D eigenvalue weighted by Crippen LogP contribution is -1.98. The summed E-state index contributed by atoms with van der Waals surface area (Å²) < 4.78 is 6.45. The first-order valence-corrected chi connectivity index (χ1v) is 14.1. The van der Waals surface area contributed by atoms with Gasteiger partial charge >= 0.3 is 0 Å². The molecule has 0 fully saturated rings. The number of fused-ring (bicyclic) bond motifs is 6. The van der Waals surface area contributed by atoms with Crippen molar-refractivity contribution in [2.45, 2.75) is 0 Å². The van der Waals surface area contributed by atoms with Crippen molar-refractivity contribution >= 4 is 43.1 Å². The third-order valence-corrected chi connectivity index (χ3v) is 8.62. The Kier molecular flexibility index (Phi) is 4.67. The Labute approximate surface area is 237 Å². The molecule has 0 saturated heterocycles. The van der Waals surface area contributed by atoms with E-state index in [1.807, 2.05) is 0 Å². The monoisotopic (exact) mass is 520 g/mol. The van der Waals surface area contributed by atoms with Crippen LogP contribution in [0.4, 0.5) is 0 Å². The van der Waals surface area contributed by atoms with Crippen molar-refractivity contribution in [2.24, 2.45) is 0 Å². The highest BCUT2D eigenvalue weighted by molar-refractivity contribution is 6.28. The van der Waals surface area contributed by atoms with Gasteiger partial charge in [0.05, 0.1) is 0 Å². The van der Waals surface area contributed by atoms with Crippen LogP contribution in [0.25, 0.3) is 76.5 Å². The molecule has 190 valence electrons. The Hall–Kier alpha value is -5.40. The number of benzene rings is 8. The molecular formula is C40H24O. The van der Waals surface area contributed by atoms with E-state index in [9.17, 15) is 0 Å². The van der Waals surface area contributed by atoms with Gasteiger partial charge in [0.15, 0.2) is 0 Å². The Morgan fingerprint density at radius 2 is 1.05 bits per heavy atom. The minimum absolute atomic E-state index is 0.903. The summed E-state index contributed by atoms with van der Waals surface area (Å²) in [6.45, 7) is 0. The lowest BCUT2D eigenvalue weighted by molar-refractivity contribution is 0.487. The molecule has 1 heterocycles. The summed E-state index contributed by atoms with van der Waals surface area (Å²) in [7, 11) is 0. The number of ether oxygens (including phenoxy) is 1. The molecule has 1 aliphatic heterocycles. The van der Waals surface area contributed by atoms with Gasteiger partial charge in [-0.25, -0.2) is 0 Å². The van der Waals surface area contributed by atoms with Crippen LogP contribution in [0, 0.1) is 0 Å². The predicted octanol–water partition coefficient (Wildman–Crippen LogP) is 11.4. The molecule has 8 aromatic rings. The zero-order chi connectivity index (χ0) is 26.9. The Morgan fingerprint density at radius 3 is 1.90 bits per heavy atom. The van der Waals surface area contributed by atoms with E-state index in [2.05, 4.69) is 146 Å². The Morgan fingerprint density at radius 1 is 0.341 bits per heavy atom. The minimum Gasteiger partial charge on any atom is -0.456 e. The number of rotatable bonds is 2. The summed E-state index contributed by atoms with van der Waals surface area (Å²) in [5.74, 6) is 1.83. The van der Waals surface area contributed by atoms with E-state index in [0.717, 1.165) is 17.1 Å². The average Bonchev–Trinajstić information content (AvgIpc) is 3.04. The molecule has 41 heavy (non-hydrogen) atoms. The fourth-order valence-corrected chi connectivity index (χ4v) is 6.88. The SMILES string of the molecule is c1ccc(-c2c3ccccc3c(-c3ccc4c(c3)-c3cccc5cccc(c35)O4)c3ccc4ccccc4c23)cc1. The molecule has 0 unspecified atom stereocenters. The largest absolute Gasteiger partial charge is 0.456 e. The van der Waals surface area contributed by atoms with Crippen molar-refractivity contribution in [2.75, 3.05) is 0 Å². The molecule has 0 atom stereocenters. The van der Waals surface area contributed by atoms with Gasteiger partial charge in [0.25, 0.3) is 0 Å². The second-order valence-corrected chi connectivity index (χ2v) is 10.8. The van der Waals surface area contributed by atoms with Gasteiger partial charge < -0.3 is 4.74 Å². The molecular weight excluding hydrogens is 496 g/mol. The summed E-state index contributed by atoms with van der Waals surface area (Å²) in [4.78, 5) is 0. The molecule has 1 nitrogen and oxygen atoms in total. The van der Waals surface area contributed by atoms with Crippen LogP contribution >= 0.6 is 0 Å². The van der Waals surface area contributed by atoms with E-state index in [0.29, 0.717) is 0 Å². The molecule has 0 radical (unpaired) electrons. The summed E-state index contributed by atoms with van der Waals surface area (Å²) in [5, 5.41) is 9.98. The molecule has 0 aliphatic carbocycles.